The number of hydrogen-bond donors (Lipinski definition) is 2. The van der Waals surface area contributed by atoms with Gasteiger partial charge in [0.15, 0.2) is 0 Å². The molecule has 26 heavy (non-hydrogen) atoms. The number of hydrogen-bond acceptors (Lipinski definition) is 5. The summed E-state index contributed by atoms with van der Waals surface area (Å²) >= 11 is 0. The number of nitrogens with zero attached hydrogens (tertiary/aromatic N) is 1. The van der Waals surface area contributed by atoms with E-state index in [2.05, 4.69) is 10.2 Å². The van der Waals surface area contributed by atoms with E-state index in [1.165, 1.54) is 0 Å². The molecule has 0 spiro atoms. The Morgan fingerprint density at radius 1 is 1.23 bits per heavy atom. The molecule has 1 aliphatic heterocycles. The highest BCUT2D eigenvalue weighted by atomic mass is 35.5. The fraction of sp³-hybridized carbons (Fsp3) is 0.611. The summed E-state index contributed by atoms with van der Waals surface area (Å²) in [5.41, 5.74) is 6.42. The van der Waals surface area contributed by atoms with Crippen LogP contribution in [0.1, 0.15) is 18.4 Å². The van der Waals surface area contributed by atoms with Gasteiger partial charge in [-0.25, -0.2) is 0 Å². The lowest BCUT2D eigenvalue weighted by atomic mass is 9.79. The van der Waals surface area contributed by atoms with E-state index in [1.54, 1.807) is 0 Å². The predicted molar refractivity (Wildman–Crippen MR) is 108 cm³/mol. The van der Waals surface area contributed by atoms with E-state index in [-0.39, 0.29) is 30.7 Å². The number of carbonyl (C=O) groups excluding carboxylic acids is 1. The number of likely N-dealkylation sites (N-methyl/N-ethyl adjacent to an activating group) is 1. The number of ether oxygens (including phenoxy) is 2. The van der Waals surface area contributed by atoms with Crippen molar-refractivity contribution in [3.63, 3.8) is 0 Å². The number of carbonyl (C=O) groups is 1. The molecule has 3 N–H and O–H groups in total. The van der Waals surface area contributed by atoms with E-state index in [0.29, 0.717) is 45.8 Å². The molecule has 0 atom stereocenters. The number of amides is 1. The molecule has 0 aliphatic carbocycles. The van der Waals surface area contributed by atoms with Gasteiger partial charge >= 0.3 is 0 Å². The van der Waals surface area contributed by atoms with Crippen LogP contribution in [-0.4, -0.2) is 57.8 Å². The zero-order chi connectivity index (χ0) is 17.4. The van der Waals surface area contributed by atoms with Crippen LogP contribution in [-0.2, 0) is 16.1 Å². The maximum absolute atomic E-state index is 12.5. The van der Waals surface area contributed by atoms with Gasteiger partial charge in [-0.15, -0.1) is 24.8 Å². The van der Waals surface area contributed by atoms with Gasteiger partial charge in [0, 0.05) is 32.8 Å². The highest BCUT2D eigenvalue weighted by molar-refractivity contribution is 5.85. The first-order chi connectivity index (χ1) is 11.6. The van der Waals surface area contributed by atoms with Crippen LogP contribution in [0.4, 0.5) is 0 Å². The monoisotopic (exact) mass is 407 g/mol. The minimum atomic E-state index is -0.479. The molecule has 0 radical (unpaired) electrons. The summed E-state index contributed by atoms with van der Waals surface area (Å²) in [5, 5.41) is 3.02. The van der Waals surface area contributed by atoms with Crippen LogP contribution in [0.15, 0.2) is 24.3 Å². The fourth-order valence-corrected chi connectivity index (χ4v) is 2.71. The van der Waals surface area contributed by atoms with Crippen molar-refractivity contribution in [2.24, 2.45) is 11.1 Å². The first kappa shape index (κ1) is 24.9. The van der Waals surface area contributed by atoms with Gasteiger partial charge in [-0.05, 0) is 44.6 Å². The van der Waals surface area contributed by atoms with Gasteiger partial charge < -0.3 is 25.4 Å². The Morgan fingerprint density at radius 3 is 2.38 bits per heavy atom. The van der Waals surface area contributed by atoms with Gasteiger partial charge in [0.05, 0.1) is 5.41 Å². The molecule has 8 heteroatoms. The number of nitrogens with one attached hydrogen (secondary N) is 1. The van der Waals surface area contributed by atoms with Crippen molar-refractivity contribution in [2.45, 2.75) is 19.4 Å². The molecule has 0 aromatic heterocycles. The highest BCUT2D eigenvalue weighted by Crippen LogP contribution is 2.29. The van der Waals surface area contributed by atoms with Gasteiger partial charge in [-0.2, -0.15) is 0 Å². The maximum atomic E-state index is 12.5. The molecule has 2 rings (SSSR count). The molecule has 0 unspecified atom stereocenters. The average molecular weight is 408 g/mol. The minimum Gasteiger partial charge on any atom is -0.492 e. The third-order valence-corrected chi connectivity index (χ3v) is 4.51. The van der Waals surface area contributed by atoms with E-state index in [4.69, 9.17) is 15.2 Å². The SMILES string of the molecule is CN(C)CCOc1ccc(CNC(=O)C2(CN)CCOCC2)cc1.Cl.Cl. The number of halogens is 2. The zero-order valence-electron chi connectivity index (χ0n) is 15.5. The lowest BCUT2D eigenvalue weighted by Gasteiger charge is -2.34. The van der Waals surface area contributed by atoms with Gasteiger partial charge in [-0.1, -0.05) is 12.1 Å². The predicted octanol–water partition coefficient (Wildman–Crippen LogP) is 1.84. The van der Waals surface area contributed by atoms with E-state index >= 15 is 0 Å². The maximum Gasteiger partial charge on any atom is 0.227 e. The summed E-state index contributed by atoms with van der Waals surface area (Å²) in [5.74, 6) is 0.870. The molecular formula is C18H31Cl2N3O3. The highest BCUT2D eigenvalue weighted by Gasteiger charge is 2.38. The summed E-state index contributed by atoms with van der Waals surface area (Å²) in [4.78, 5) is 14.6. The van der Waals surface area contributed by atoms with Crippen LogP contribution in [0.25, 0.3) is 0 Å². The number of nitrogens with two attached hydrogens (primary N) is 1. The van der Waals surface area contributed by atoms with Crippen molar-refractivity contribution in [2.75, 3.05) is 47.0 Å². The first-order valence-corrected chi connectivity index (χ1v) is 8.48. The summed E-state index contributed by atoms with van der Waals surface area (Å²) < 4.78 is 11.0. The van der Waals surface area contributed by atoms with E-state index in [1.807, 2.05) is 38.4 Å². The fourth-order valence-electron chi connectivity index (χ4n) is 2.71. The summed E-state index contributed by atoms with van der Waals surface area (Å²) in [6, 6.07) is 7.82. The lowest BCUT2D eigenvalue weighted by molar-refractivity contribution is -0.136. The zero-order valence-corrected chi connectivity index (χ0v) is 17.2. The van der Waals surface area contributed by atoms with Crippen molar-refractivity contribution in [3.8, 4) is 5.75 Å². The quantitative estimate of drug-likeness (QED) is 0.687. The molecule has 1 fully saturated rings. The molecule has 1 amide bonds. The molecule has 1 aromatic rings. The molecular weight excluding hydrogens is 377 g/mol. The number of benzene rings is 1. The third-order valence-electron chi connectivity index (χ3n) is 4.51. The van der Waals surface area contributed by atoms with Crippen molar-refractivity contribution in [1.82, 2.24) is 10.2 Å². The third kappa shape index (κ3) is 7.29. The normalized spacial score (nSPS) is 15.5. The van der Waals surface area contributed by atoms with Crippen molar-refractivity contribution in [1.29, 1.82) is 0 Å². The molecule has 1 aliphatic rings. The van der Waals surface area contributed by atoms with Crippen molar-refractivity contribution >= 4 is 30.7 Å². The van der Waals surface area contributed by atoms with Gasteiger partial charge in [-0.3, -0.25) is 4.79 Å². The Labute approximate surface area is 168 Å². The Morgan fingerprint density at radius 2 is 1.85 bits per heavy atom. The molecule has 150 valence electrons. The smallest absolute Gasteiger partial charge is 0.227 e. The van der Waals surface area contributed by atoms with Gasteiger partial charge in [0.25, 0.3) is 0 Å². The molecule has 1 heterocycles. The van der Waals surface area contributed by atoms with Crippen LogP contribution < -0.4 is 15.8 Å². The molecule has 1 saturated heterocycles. The second kappa shape index (κ2) is 12.4. The van der Waals surface area contributed by atoms with Crippen molar-refractivity contribution in [3.05, 3.63) is 29.8 Å². The number of rotatable bonds is 8. The van der Waals surface area contributed by atoms with Crippen LogP contribution in [0.2, 0.25) is 0 Å². The second-order valence-electron chi connectivity index (χ2n) is 6.58. The summed E-state index contributed by atoms with van der Waals surface area (Å²) in [6.07, 6.45) is 1.38. The average Bonchev–Trinajstić information content (AvgIpc) is 2.61. The van der Waals surface area contributed by atoms with E-state index in [9.17, 15) is 4.79 Å². The van der Waals surface area contributed by atoms with Gasteiger partial charge in [0.2, 0.25) is 5.91 Å². The van der Waals surface area contributed by atoms with E-state index in [0.717, 1.165) is 17.9 Å². The Balaban J connectivity index is 0.00000312. The topological polar surface area (TPSA) is 76.8 Å². The summed E-state index contributed by atoms with van der Waals surface area (Å²) in [7, 11) is 4.03. The first-order valence-electron chi connectivity index (χ1n) is 8.48. The largest absolute Gasteiger partial charge is 0.492 e. The standard InChI is InChI=1S/C18H29N3O3.2ClH/c1-21(2)9-12-24-16-5-3-15(4-6-16)13-20-17(22)18(14-19)7-10-23-11-8-18;;/h3-6H,7-14,19H2,1-2H3,(H,20,22);2*1H. The minimum absolute atomic E-state index is 0. The Hall–Kier alpha value is -1.05. The molecule has 1 aromatic carbocycles. The molecule has 0 bridgehead atoms. The molecule has 0 saturated carbocycles. The van der Waals surface area contributed by atoms with Crippen LogP contribution in [0.3, 0.4) is 0 Å². The second-order valence-corrected chi connectivity index (χ2v) is 6.58. The van der Waals surface area contributed by atoms with Crippen LogP contribution in [0.5, 0.6) is 5.75 Å². The summed E-state index contributed by atoms with van der Waals surface area (Å²) in [6.45, 7) is 3.60. The van der Waals surface area contributed by atoms with Crippen LogP contribution >= 0.6 is 24.8 Å². The van der Waals surface area contributed by atoms with Gasteiger partial charge in [0.1, 0.15) is 12.4 Å². The Kier molecular flexibility index (Phi) is 11.9. The lowest BCUT2D eigenvalue weighted by Crippen LogP contribution is -2.48. The molecule has 6 nitrogen and oxygen atoms in total. The van der Waals surface area contributed by atoms with Crippen LogP contribution in [0, 0.1) is 5.41 Å². The van der Waals surface area contributed by atoms with Crippen molar-refractivity contribution < 1.29 is 14.3 Å². The van der Waals surface area contributed by atoms with E-state index < -0.39 is 5.41 Å². The Bertz CT molecular complexity index is 521.